The molecule has 0 radical (unpaired) electrons. The first kappa shape index (κ1) is 42.3. The van der Waals surface area contributed by atoms with Crippen molar-refractivity contribution in [1.82, 2.24) is 34.6 Å². The van der Waals surface area contributed by atoms with E-state index in [0.717, 1.165) is 24.0 Å². The minimum atomic E-state index is -1.12. The molecule has 1 unspecified atom stereocenters. The van der Waals surface area contributed by atoms with Crippen LogP contribution in [-0.2, 0) is 27.9 Å². The highest BCUT2D eigenvalue weighted by Gasteiger charge is 2.38. The summed E-state index contributed by atoms with van der Waals surface area (Å²) in [4.78, 5) is 56.3. The van der Waals surface area contributed by atoms with Gasteiger partial charge in [0, 0.05) is 80.1 Å². The van der Waals surface area contributed by atoms with E-state index in [-0.39, 0.29) is 57.5 Å². The van der Waals surface area contributed by atoms with Crippen LogP contribution in [0, 0.1) is 24.5 Å². The van der Waals surface area contributed by atoms with Crippen LogP contribution in [0.4, 0.5) is 14.5 Å². The number of ether oxygens (including phenoxy) is 1. The molecular formula is C38H47ClF2N11O5+. The predicted molar refractivity (Wildman–Crippen MR) is 209 cm³/mol. The van der Waals surface area contributed by atoms with E-state index in [9.17, 15) is 14.4 Å². The lowest BCUT2D eigenvalue weighted by atomic mass is 10.0. The summed E-state index contributed by atoms with van der Waals surface area (Å²) in [6.45, 7) is 5.73. The number of carbonyl (C=O) groups excluding carboxylic acids is 4. The third kappa shape index (κ3) is 9.58. The Hall–Kier alpha value is -5.85. The number of carbonyl (C=O) groups is 4. The molecule has 0 bridgehead atoms. The number of rotatable bonds is 10. The summed E-state index contributed by atoms with van der Waals surface area (Å²) in [7, 11) is 7.09. The molecular weight excluding hydrogens is 764 g/mol. The molecule has 57 heavy (non-hydrogen) atoms. The van der Waals surface area contributed by atoms with Gasteiger partial charge in [-0.2, -0.15) is 5.10 Å². The number of hydrogen-bond acceptors (Lipinski definition) is 10. The number of likely N-dealkylation sites (tertiary alicyclic amines) is 1. The number of hydrogen-bond donors (Lipinski definition) is 4. The molecule has 2 aliphatic rings. The molecule has 304 valence electrons. The zero-order valence-electron chi connectivity index (χ0n) is 32.4. The van der Waals surface area contributed by atoms with Gasteiger partial charge < -0.3 is 40.1 Å². The number of hydrazine groups is 1. The molecule has 6 rings (SSSR count). The van der Waals surface area contributed by atoms with Gasteiger partial charge in [0.15, 0.2) is 17.5 Å². The van der Waals surface area contributed by atoms with Crippen molar-refractivity contribution in [2.45, 2.75) is 19.9 Å². The minimum absolute atomic E-state index is 0.00811. The van der Waals surface area contributed by atoms with Crippen LogP contribution < -0.4 is 22.3 Å². The van der Waals surface area contributed by atoms with Crippen molar-refractivity contribution in [3.8, 4) is 22.4 Å². The Morgan fingerprint density at radius 1 is 1.05 bits per heavy atom. The highest BCUT2D eigenvalue weighted by molar-refractivity contribution is 6.34. The number of aryl methyl sites for hydroxylation is 1. The van der Waals surface area contributed by atoms with Gasteiger partial charge in [0.2, 0.25) is 5.91 Å². The summed E-state index contributed by atoms with van der Waals surface area (Å²) in [5, 5.41) is 7.19. The number of nitrogens with two attached hydrogens (primary N) is 2. The average molecular weight is 811 g/mol. The first-order valence-corrected chi connectivity index (χ1v) is 18.4. The number of anilines is 1. The maximum Gasteiger partial charge on any atom is 0.292 e. The second-order valence-corrected chi connectivity index (χ2v) is 14.9. The summed E-state index contributed by atoms with van der Waals surface area (Å²) in [6.07, 6.45) is 5.11. The van der Waals surface area contributed by atoms with Crippen molar-refractivity contribution in [1.29, 1.82) is 0 Å². The highest BCUT2D eigenvalue weighted by atomic mass is 35.5. The lowest BCUT2D eigenvalue weighted by Gasteiger charge is -2.36. The van der Waals surface area contributed by atoms with E-state index < -0.39 is 17.5 Å². The Labute approximate surface area is 333 Å². The van der Waals surface area contributed by atoms with Crippen LogP contribution in [0.15, 0.2) is 54.6 Å². The number of methoxy groups -OCH3 is 1. The fourth-order valence-corrected chi connectivity index (χ4v) is 7.29. The van der Waals surface area contributed by atoms with Gasteiger partial charge in [-0.1, -0.05) is 17.7 Å². The summed E-state index contributed by atoms with van der Waals surface area (Å²) in [6, 6.07) is 7.41. The molecule has 6 N–H and O–H groups in total. The molecule has 1 atom stereocenters. The molecule has 4 heterocycles. The molecule has 0 saturated carbocycles. The van der Waals surface area contributed by atoms with Crippen LogP contribution in [0.1, 0.15) is 33.1 Å². The maximum atomic E-state index is 15.6. The molecule has 2 aromatic carbocycles. The molecule has 0 aliphatic carbocycles. The Morgan fingerprint density at radius 3 is 2.32 bits per heavy atom. The summed E-state index contributed by atoms with van der Waals surface area (Å²) >= 11 is 6.53. The van der Waals surface area contributed by atoms with E-state index in [4.69, 9.17) is 28.0 Å². The van der Waals surface area contributed by atoms with Gasteiger partial charge in [0.1, 0.15) is 0 Å². The number of piperazine rings is 1. The lowest BCUT2D eigenvalue weighted by molar-refractivity contribution is -0.878. The van der Waals surface area contributed by atoms with Gasteiger partial charge in [-0.25, -0.2) is 13.8 Å². The normalized spacial score (nSPS) is 16.4. The summed E-state index contributed by atoms with van der Waals surface area (Å²) in [5.41, 5.74) is 10.1. The number of benzene rings is 2. The fraction of sp³-hybridized carbons (Fsp3) is 0.368. The molecule has 2 saturated heterocycles. The van der Waals surface area contributed by atoms with Crippen LogP contribution in [-0.4, -0.2) is 118 Å². The maximum absolute atomic E-state index is 15.6. The first-order valence-electron chi connectivity index (χ1n) is 18.0. The van der Waals surface area contributed by atoms with Crippen LogP contribution in [0.5, 0.6) is 0 Å². The van der Waals surface area contributed by atoms with Crippen molar-refractivity contribution in [2.75, 3.05) is 65.8 Å². The molecule has 16 nitrogen and oxygen atoms in total. The quantitative estimate of drug-likeness (QED) is 0.0801. The lowest BCUT2D eigenvalue weighted by Crippen LogP contribution is -2.52. The molecule has 4 aromatic rings. The van der Waals surface area contributed by atoms with Gasteiger partial charge in [0.25, 0.3) is 18.3 Å². The van der Waals surface area contributed by atoms with Crippen LogP contribution in [0.25, 0.3) is 22.4 Å². The number of allylic oxidation sites excluding steroid dienone is 1. The second kappa shape index (κ2) is 18.0. The number of halogens is 3. The fourth-order valence-electron chi connectivity index (χ4n) is 7.03. The monoisotopic (exact) mass is 810 g/mol. The molecule has 3 amide bonds. The molecule has 2 fully saturated rings. The van der Waals surface area contributed by atoms with Gasteiger partial charge >= 0.3 is 0 Å². The van der Waals surface area contributed by atoms with E-state index in [1.807, 2.05) is 4.90 Å². The zero-order chi connectivity index (χ0) is 41.6. The Kier molecular flexibility index (Phi) is 13.3. The van der Waals surface area contributed by atoms with E-state index >= 15 is 8.78 Å². The van der Waals surface area contributed by atoms with Crippen LogP contribution in [0.3, 0.4) is 0 Å². The van der Waals surface area contributed by atoms with Crippen LogP contribution >= 0.6 is 11.6 Å². The number of imidazole rings is 1. The van der Waals surface area contributed by atoms with Crippen molar-refractivity contribution >= 4 is 41.5 Å². The molecule has 2 aliphatic heterocycles. The van der Waals surface area contributed by atoms with Crippen molar-refractivity contribution in [3.05, 3.63) is 88.4 Å². The number of nitrogens with zero attached hydrogens (tertiary/aromatic N) is 7. The third-order valence-corrected chi connectivity index (χ3v) is 10.3. The van der Waals surface area contributed by atoms with Gasteiger partial charge in [-0.15, -0.1) is 0 Å². The van der Waals surface area contributed by atoms with Crippen LogP contribution in [0.2, 0.25) is 5.02 Å². The Bertz CT molecular complexity index is 2180. The minimum Gasteiger partial charge on any atom is -0.471 e. The predicted octanol–water partition coefficient (Wildman–Crippen LogP) is 2.88. The average Bonchev–Trinajstić information content (AvgIpc) is 3.87. The van der Waals surface area contributed by atoms with E-state index in [1.165, 1.54) is 60.1 Å². The number of quaternary nitrogens is 1. The standard InChI is InChI=1S/C36H42ClF2N11O3.C2H4O2/c1-21-28(19-49(45-21)18-23(40)16-43-41)25-7-8-27(32(39)31(25)38)30-17-42-33(46(30)2)34(51)44-24-5-6-26(29(37)15-24)36(53)48-12-10-47(11-13-48)35(52)22-9-14-50(3,4)20-22;1-4-2-3/h5-8,15-17,19,22H,9-14,18,20H2,1-4H3,(H5-,40,41,42,43,44,51,53);2H,1H3/p+1. The Morgan fingerprint density at radius 2 is 1.70 bits per heavy atom. The summed E-state index contributed by atoms with van der Waals surface area (Å²) < 4.78 is 38.7. The summed E-state index contributed by atoms with van der Waals surface area (Å²) in [5.74, 6) is 2.26. The molecule has 2 aromatic heterocycles. The number of nitrogens with one attached hydrogen (secondary N) is 2. The van der Waals surface area contributed by atoms with Gasteiger partial charge in [0.05, 0.1) is 74.9 Å². The second-order valence-electron chi connectivity index (χ2n) is 14.5. The first-order chi connectivity index (χ1) is 27.1. The van der Waals surface area contributed by atoms with Gasteiger partial charge in [-0.3, -0.25) is 29.7 Å². The largest absolute Gasteiger partial charge is 0.471 e. The zero-order valence-corrected chi connectivity index (χ0v) is 33.1. The Balaban J connectivity index is 0.00000148. The van der Waals surface area contributed by atoms with E-state index in [0.29, 0.717) is 55.3 Å². The highest BCUT2D eigenvalue weighted by Crippen LogP contribution is 2.33. The van der Waals surface area contributed by atoms with Crippen molar-refractivity contribution in [3.63, 3.8) is 0 Å². The van der Waals surface area contributed by atoms with Gasteiger partial charge in [-0.05, 0) is 31.2 Å². The molecule has 0 spiro atoms. The van der Waals surface area contributed by atoms with E-state index in [1.54, 1.807) is 24.1 Å². The third-order valence-electron chi connectivity index (χ3n) is 9.98. The smallest absolute Gasteiger partial charge is 0.292 e. The molecule has 19 heteroatoms. The number of amides is 3. The number of aromatic nitrogens is 4. The SMILES string of the molecule is COC=O.Cc1nn(C/C(N)=C/NN)cc1-c1ccc(-c2cnc(C(=O)Nc3ccc(C(=O)N4CCN(C(=O)C5CC[N+](C)(C)C5)CC4)c(Cl)c3)n2C)c(F)c1F. The van der Waals surface area contributed by atoms with E-state index in [2.05, 4.69) is 39.7 Å². The van der Waals surface area contributed by atoms with Crippen molar-refractivity contribution < 1.29 is 37.2 Å². The van der Waals surface area contributed by atoms with Crippen molar-refractivity contribution in [2.24, 2.45) is 24.5 Å². The topological polar surface area (TPSA) is 196 Å².